The molecule has 6 heteroatoms. The summed E-state index contributed by atoms with van der Waals surface area (Å²) in [5, 5.41) is 5.50. The molecule has 0 saturated carbocycles. The lowest BCUT2D eigenvalue weighted by Gasteiger charge is -2.18. The number of halogens is 2. The first kappa shape index (κ1) is 15.3. The second-order valence-corrected chi connectivity index (χ2v) is 5.43. The molecule has 0 spiro atoms. The van der Waals surface area contributed by atoms with E-state index in [1.165, 1.54) is 16.8 Å². The van der Waals surface area contributed by atoms with Gasteiger partial charge in [-0.2, -0.15) is 5.10 Å². The maximum atomic E-state index is 13.7. The van der Waals surface area contributed by atoms with Crippen LogP contribution < -0.4 is 5.56 Å². The summed E-state index contributed by atoms with van der Waals surface area (Å²) in [5.74, 6) is -1.21. The van der Waals surface area contributed by atoms with Crippen LogP contribution in [0.5, 0.6) is 0 Å². The van der Waals surface area contributed by atoms with Gasteiger partial charge in [0.15, 0.2) is 0 Å². The van der Waals surface area contributed by atoms with E-state index < -0.39 is 11.6 Å². The Morgan fingerprint density at radius 3 is 2.74 bits per heavy atom. The summed E-state index contributed by atoms with van der Waals surface area (Å²) in [6.07, 6.45) is 1.63. The third-order valence-electron chi connectivity index (χ3n) is 3.59. The highest BCUT2D eigenvalue weighted by Crippen LogP contribution is 2.12. The van der Waals surface area contributed by atoms with E-state index in [2.05, 4.69) is 5.10 Å². The van der Waals surface area contributed by atoms with Gasteiger partial charge in [0, 0.05) is 23.6 Å². The van der Waals surface area contributed by atoms with Crippen LogP contribution in [0.15, 0.2) is 53.5 Å². The minimum atomic E-state index is -0.610. The molecule has 1 heterocycles. The second-order valence-electron chi connectivity index (χ2n) is 5.43. The third-order valence-corrected chi connectivity index (χ3v) is 3.59. The summed E-state index contributed by atoms with van der Waals surface area (Å²) in [6.45, 7) is 0.452. The van der Waals surface area contributed by atoms with Gasteiger partial charge < -0.3 is 0 Å². The summed E-state index contributed by atoms with van der Waals surface area (Å²) in [5.41, 5.74) is 0.164. The molecule has 23 heavy (non-hydrogen) atoms. The maximum Gasteiger partial charge on any atom is 0.275 e. The predicted octanol–water partition coefficient (Wildman–Crippen LogP) is 2.76. The number of nitrogens with zero attached hydrogens (tertiary/aromatic N) is 3. The number of hydrogen-bond acceptors (Lipinski definition) is 3. The molecule has 4 nitrogen and oxygen atoms in total. The molecule has 0 aliphatic rings. The van der Waals surface area contributed by atoms with Gasteiger partial charge >= 0.3 is 0 Å². The van der Waals surface area contributed by atoms with Crippen LogP contribution in [-0.4, -0.2) is 21.7 Å². The first-order chi connectivity index (χ1) is 11.0. The van der Waals surface area contributed by atoms with E-state index in [1.807, 2.05) is 12.1 Å². The van der Waals surface area contributed by atoms with E-state index in [9.17, 15) is 13.6 Å². The molecule has 0 amide bonds. The molecule has 0 bridgehead atoms. The summed E-state index contributed by atoms with van der Waals surface area (Å²) in [6, 6.07) is 10.7. The zero-order chi connectivity index (χ0) is 16.4. The Bertz CT molecular complexity index is 908. The third kappa shape index (κ3) is 3.27. The van der Waals surface area contributed by atoms with E-state index in [0.717, 1.165) is 11.5 Å². The number of rotatable bonds is 4. The van der Waals surface area contributed by atoms with Gasteiger partial charge in [-0.3, -0.25) is 9.69 Å². The standard InChI is InChI=1S/C17H15F2N3O/c1-21(10-13-6-7-14(18)8-16(13)19)11-22-17(23)15-5-3-2-4-12(15)9-20-22/h2-9H,10-11H2,1H3. The molecule has 0 unspecified atom stereocenters. The Morgan fingerprint density at radius 2 is 1.96 bits per heavy atom. The van der Waals surface area contributed by atoms with Crippen LogP contribution >= 0.6 is 0 Å². The van der Waals surface area contributed by atoms with E-state index in [-0.39, 0.29) is 18.8 Å². The molecular weight excluding hydrogens is 300 g/mol. The number of fused-ring (bicyclic) bond motifs is 1. The predicted molar refractivity (Wildman–Crippen MR) is 83.8 cm³/mol. The van der Waals surface area contributed by atoms with Crippen molar-refractivity contribution in [1.82, 2.24) is 14.7 Å². The fraction of sp³-hybridized carbons (Fsp3) is 0.176. The quantitative estimate of drug-likeness (QED) is 0.743. The van der Waals surface area contributed by atoms with Gasteiger partial charge in [-0.05, 0) is 19.2 Å². The molecule has 0 aliphatic carbocycles. The molecule has 1 aromatic heterocycles. The molecule has 3 aromatic rings. The van der Waals surface area contributed by atoms with Crippen molar-refractivity contribution in [2.75, 3.05) is 7.05 Å². The van der Waals surface area contributed by atoms with E-state index in [4.69, 9.17) is 0 Å². The second kappa shape index (κ2) is 6.26. The molecule has 0 saturated heterocycles. The van der Waals surface area contributed by atoms with Crippen molar-refractivity contribution >= 4 is 10.8 Å². The van der Waals surface area contributed by atoms with Gasteiger partial charge in [-0.1, -0.05) is 24.3 Å². The van der Waals surface area contributed by atoms with Crippen molar-refractivity contribution in [2.45, 2.75) is 13.2 Å². The Labute approximate surface area is 131 Å². The average molecular weight is 315 g/mol. The van der Waals surface area contributed by atoms with Gasteiger partial charge in [-0.25, -0.2) is 13.5 Å². The number of aromatic nitrogens is 2. The minimum Gasteiger partial charge on any atom is -0.283 e. The van der Waals surface area contributed by atoms with E-state index in [0.29, 0.717) is 10.9 Å². The van der Waals surface area contributed by atoms with Crippen molar-refractivity contribution in [1.29, 1.82) is 0 Å². The number of hydrogen-bond donors (Lipinski definition) is 0. The Kier molecular flexibility index (Phi) is 4.16. The molecule has 0 aliphatic heterocycles. The Balaban J connectivity index is 1.81. The molecule has 0 N–H and O–H groups in total. The summed E-state index contributed by atoms with van der Waals surface area (Å²) >= 11 is 0. The Hall–Kier alpha value is -2.60. The maximum absolute atomic E-state index is 13.7. The van der Waals surface area contributed by atoms with Crippen molar-refractivity contribution in [3.63, 3.8) is 0 Å². The molecular formula is C17H15F2N3O. The van der Waals surface area contributed by atoms with Crippen LogP contribution in [0.1, 0.15) is 5.56 Å². The first-order valence-electron chi connectivity index (χ1n) is 7.12. The zero-order valence-corrected chi connectivity index (χ0v) is 12.5. The van der Waals surface area contributed by atoms with Crippen LogP contribution in [0, 0.1) is 11.6 Å². The van der Waals surface area contributed by atoms with Crippen LogP contribution in [0.3, 0.4) is 0 Å². The molecule has 2 aromatic carbocycles. The van der Waals surface area contributed by atoms with Crippen LogP contribution in [0.2, 0.25) is 0 Å². The highest BCUT2D eigenvalue weighted by molar-refractivity contribution is 5.80. The first-order valence-corrected chi connectivity index (χ1v) is 7.12. The molecule has 0 radical (unpaired) electrons. The van der Waals surface area contributed by atoms with Crippen LogP contribution in [-0.2, 0) is 13.2 Å². The largest absolute Gasteiger partial charge is 0.283 e. The monoisotopic (exact) mass is 315 g/mol. The SMILES string of the molecule is CN(Cc1ccc(F)cc1F)Cn1ncc2ccccc2c1=O. The normalized spacial score (nSPS) is 11.3. The summed E-state index contributed by atoms with van der Waals surface area (Å²) < 4.78 is 27.9. The summed E-state index contributed by atoms with van der Waals surface area (Å²) in [7, 11) is 1.74. The highest BCUT2D eigenvalue weighted by Gasteiger charge is 2.10. The van der Waals surface area contributed by atoms with Gasteiger partial charge in [-0.15, -0.1) is 0 Å². The lowest BCUT2D eigenvalue weighted by molar-refractivity contribution is 0.238. The Morgan fingerprint density at radius 1 is 1.17 bits per heavy atom. The van der Waals surface area contributed by atoms with Crippen LogP contribution in [0.4, 0.5) is 8.78 Å². The fourth-order valence-corrected chi connectivity index (χ4v) is 2.45. The highest BCUT2D eigenvalue weighted by atomic mass is 19.1. The molecule has 3 rings (SSSR count). The van der Waals surface area contributed by atoms with Crippen molar-refractivity contribution in [3.8, 4) is 0 Å². The van der Waals surface area contributed by atoms with Crippen molar-refractivity contribution in [3.05, 3.63) is 76.2 Å². The van der Waals surface area contributed by atoms with Gasteiger partial charge in [0.25, 0.3) is 5.56 Å². The molecule has 0 fully saturated rings. The lowest BCUT2D eigenvalue weighted by Crippen LogP contribution is -2.31. The average Bonchev–Trinajstić information content (AvgIpc) is 2.53. The molecule has 118 valence electrons. The van der Waals surface area contributed by atoms with E-state index in [1.54, 1.807) is 30.3 Å². The van der Waals surface area contributed by atoms with Crippen molar-refractivity contribution < 1.29 is 8.78 Å². The fourth-order valence-electron chi connectivity index (χ4n) is 2.45. The topological polar surface area (TPSA) is 38.1 Å². The van der Waals surface area contributed by atoms with Gasteiger partial charge in [0.1, 0.15) is 11.6 Å². The number of benzene rings is 2. The van der Waals surface area contributed by atoms with Crippen LogP contribution in [0.25, 0.3) is 10.8 Å². The molecule has 0 atom stereocenters. The summed E-state index contributed by atoms with van der Waals surface area (Å²) in [4.78, 5) is 14.1. The lowest BCUT2D eigenvalue weighted by atomic mass is 10.2. The zero-order valence-electron chi connectivity index (χ0n) is 12.5. The van der Waals surface area contributed by atoms with Gasteiger partial charge in [0.05, 0.1) is 18.3 Å². The smallest absolute Gasteiger partial charge is 0.275 e. The minimum absolute atomic E-state index is 0.200. The van der Waals surface area contributed by atoms with E-state index >= 15 is 0 Å². The van der Waals surface area contributed by atoms with Gasteiger partial charge in [0.2, 0.25) is 0 Å². The van der Waals surface area contributed by atoms with Crippen molar-refractivity contribution in [2.24, 2.45) is 0 Å².